The predicted molar refractivity (Wildman–Crippen MR) is 41.9 cm³/mol. The van der Waals surface area contributed by atoms with Crippen LogP contribution < -0.4 is 11.5 Å². The fourth-order valence-electron chi connectivity index (χ4n) is 0.373. The Balaban J connectivity index is 3.20. The summed E-state index contributed by atoms with van der Waals surface area (Å²) in [5, 5.41) is 7.66. The third kappa shape index (κ3) is 7.52. The maximum absolute atomic E-state index is 5.42. The van der Waals surface area contributed by atoms with E-state index in [1.54, 1.807) is 0 Å². The minimum absolute atomic E-state index is 0.0943. The van der Waals surface area contributed by atoms with Gasteiger partial charge in [-0.25, -0.2) is 0 Å². The van der Waals surface area contributed by atoms with Gasteiger partial charge < -0.3 is 11.5 Å². The van der Waals surface area contributed by atoms with Crippen LogP contribution in [-0.2, 0) is 0 Å². The molecule has 4 nitrogen and oxygen atoms in total. The largest absolute Gasteiger partial charge is 0.326 e. The van der Waals surface area contributed by atoms with E-state index in [1.807, 2.05) is 13.8 Å². The van der Waals surface area contributed by atoms with Gasteiger partial charge in [-0.3, -0.25) is 0 Å². The van der Waals surface area contributed by atoms with Crippen LogP contribution in [0, 0.1) is 0 Å². The van der Waals surface area contributed by atoms with Crippen molar-refractivity contribution in [2.45, 2.75) is 25.9 Å². The molecule has 0 aliphatic heterocycles. The smallest absolute Gasteiger partial charge is 0.0747 e. The van der Waals surface area contributed by atoms with E-state index >= 15 is 0 Å². The molecule has 10 heavy (non-hydrogen) atoms. The van der Waals surface area contributed by atoms with E-state index in [1.165, 1.54) is 0 Å². The third-order valence-corrected chi connectivity index (χ3v) is 0.839. The van der Waals surface area contributed by atoms with Gasteiger partial charge in [0.1, 0.15) is 0 Å². The van der Waals surface area contributed by atoms with Gasteiger partial charge in [0.25, 0.3) is 0 Å². The van der Waals surface area contributed by atoms with E-state index in [9.17, 15) is 0 Å². The second kappa shape index (κ2) is 5.32. The second-order valence-electron chi connectivity index (χ2n) is 2.60. The molecule has 2 unspecified atom stereocenters. The van der Waals surface area contributed by atoms with Crippen LogP contribution in [0.25, 0.3) is 0 Å². The van der Waals surface area contributed by atoms with Crippen molar-refractivity contribution in [3.05, 3.63) is 0 Å². The Kier molecular flexibility index (Phi) is 5.06. The maximum atomic E-state index is 5.42. The lowest BCUT2D eigenvalue weighted by Gasteiger charge is -1.98. The molecule has 0 bridgehead atoms. The number of hydrogen-bond acceptors (Lipinski definition) is 4. The molecule has 0 saturated carbocycles. The lowest BCUT2D eigenvalue weighted by molar-refractivity contribution is 0.672. The average Bonchev–Trinajstić information content (AvgIpc) is 1.79. The molecular formula is C6H16N4. The van der Waals surface area contributed by atoms with Gasteiger partial charge in [-0.15, -0.1) is 0 Å². The highest BCUT2D eigenvalue weighted by Crippen LogP contribution is 1.82. The minimum Gasteiger partial charge on any atom is -0.326 e. The summed E-state index contributed by atoms with van der Waals surface area (Å²) in [6.45, 7) is 4.97. The second-order valence-corrected chi connectivity index (χ2v) is 2.60. The van der Waals surface area contributed by atoms with Crippen molar-refractivity contribution < 1.29 is 0 Å². The number of rotatable bonds is 4. The van der Waals surface area contributed by atoms with Crippen molar-refractivity contribution in [1.82, 2.24) is 0 Å². The third-order valence-electron chi connectivity index (χ3n) is 0.839. The number of hydrogen-bond donors (Lipinski definition) is 2. The normalized spacial score (nSPS) is 17.6. The van der Waals surface area contributed by atoms with Gasteiger partial charge in [-0.05, 0) is 13.8 Å². The zero-order chi connectivity index (χ0) is 7.98. The lowest BCUT2D eigenvalue weighted by Crippen LogP contribution is -2.20. The molecule has 0 amide bonds. The highest BCUT2D eigenvalue weighted by atomic mass is 15.1. The SMILES string of the molecule is CC(N)C/N=N/CC(C)N. The molecule has 0 aromatic rings. The fourth-order valence-corrected chi connectivity index (χ4v) is 0.373. The predicted octanol–water partition coefficient (Wildman–Crippen LogP) is 0.133. The summed E-state index contributed by atoms with van der Waals surface area (Å²) in [5.41, 5.74) is 10.8. The standard InChI is InChI=1S/C6H16N4/c1-5(7)3-9-10-4-6(2)8/h5-6H,3-4,7-8H2,1-2H3/b10-9+. The summed E-state index contributed by atoms with van der Waals surface area (Å²) in [6.07, 6.45) is 0. The van der Waals surface area contributed by atoms with Crippen molar-refractivity contribution >= 4 is 0 Å². The van der Waals surface area contributed by atoms with Crippen molar-refractivity contribution in [3.8, 4) is 0 Å². The zero-order valence-corrected chi connectivity index (χ0v) is 6.62. The van der Waals surface area contributed by atoms with Crippen LogP contribution in [0.5, 0.6) is 0 Å². The maximum Gasteiger partial charge on any atom is 0.0747 e. The summed E-state index contributed by atoms with van der Waals surface area (Å²) in [7, 11) is 0. The first-order valence-corrected chi connectivity index (χ1v) is 3.47. The number of azo groups is 1. The Hall–Kier alpha value is -0.480. The Bertz CT molecular complexity index is 85.9. The van der Waals surface area contributed by atoms with Crippen LogP contribution in [0.15, 0.2) is 10.2 Å². The molecule has 0 aromatic heterocycles. The van der Waals surface area contributed by atoms with Gasteiger partial charge >= 0.3 is 0 Å². The summed E-state index contributed by atoms with van der Waals surface area (Å²) in [5.74, 6) is 0. The van der Waals surface area contributed by atoms with Crippen LogP contribution in [0.4, 0.5) is 0 Å². The van der Waals surface area contributed by atoms with Crippen molar-refractivity contribution in [2.75, 3.05) is 13.1 Å². The molecule has 2 atom stereocenters. The van der Waals surface area contributed by atoms with Gasteiger partial charge in [0.05, 0.1) is 13.1 Å². The monoisotopic (exact) mass is 144 g/mol. The van der Waals surface area contributed by atoms with E-state index in [2.05, 4.69) is 10.2 Å². The van der Waals surface area contributed by atoms with Gasteiger partial charge in [0, 0.05) is 12.1 Å². The molecule has 0 aromatic carbocycles. The molecule has 0 heterocycles. The highest BCUT2D eigenvalue weighted by molar-refractivity contribution is 4.57. The molecule has 0 saturated heterocycles. The molecule has 4 heteroatoms. The van der Waals surface area contributed by atoms with Crippen molar-refractivity contribution in [2.24, 2.45) is 21.7 Å². The van der Waals surface area contributed by atoms with Crippen LogP contribution in [0.2, 0.25) is 0 Å². The molecule has 0 aliphatic carbocycles. The lowest BCUT2D eigenvalue weighted by atomic mass is 10.4. The fraction of sp³-hybridized carbons (Fsp3) is 1.00. The topological polar surface area (TPSA) is 76.8 Å². The van der Waals surface area contributed by atoms with E-state index in [4.69, 9.17) is 11.5 Å². The van der Waals surface area contributed by atoms with Crippen molar-refractivity contribution in [3.63, 3.8) is 0 Å². The molecular weight excluding hydrogens is 128 g/mol. The Labute approximate surface area is 61.7 Å². The molecule has 0 rings (SSSR count). The molecule has 0 fully saturated rings. The molecule has 0 spiro atoms. The average molecular weight is 144 g/mol. The number of nitrogens with two attached hydrogens (primary N) is 2. The van der Waals surface area contributed by atoms with E-state index in [0.29, 0.717) is 13.1 Å². The van der Waals surface area contributed by atoms with E-state index < -0.39 is 0 Å². The highest BCUT2D eigenvalue weighted by Gasteiger charge is 1.90. The first kappa shape index (κ1) is 9.52. The van der Waals surface area contributed by atoms with Crippen LogP contribution >= 0.6 is 0 Å². The van der Waals surface area contributed by atoms with Crippen LogP contribution in [-0.4, -0.2) is 25.2 Å². The number of nitrogens with zero attached hydrogens (tertiary/aromatic N) is 2. The van der Waals surface area contributed by atoms with E-state index in [-0.39, 0.29) is 12.1 Å². The first-order chi connectivity index (χ1) is 4.63. The summed E-state index contributed by atoms with van der Waals surface area (Å²) >= 11 is 0. The summed E-state index contributed by atoms with van der Waals surface area (Å²) in [4.78, 5) is 0. The van der Waals surface area contributed by atoms with Gasteiger partial charge in [-0.1, -0.05) is 0 Å². The molecule has 0 radical (unpaired) electrons. The Morgan fingerprint density at radius 3 is 1.50 bits per heavy atom. The minimum atomic E-state index is 0.0943. The van der Waals surface area contributed by atoms with Crippen LogP contribution in [0.1, 0.15) is 13.8 Å². The zero-order valence-electron chi connectivity index (χ0n) is 6.62. The van der Waals surface area contributed by atoms with Crippen LogP contribution in [0.3, 0.4) is 0 Å². The molecule has 4 N–H and O–H groups in total. The quantitative estimate of drug-likeness (QED) is 0.550. The molecule has 60 valence electrons. The molecule has 0 aliphatic rings. The van der Waals surface area contributed by atoms with Gasteiger partial charge in [0.2, 0.25) is 0 Å². The van der Waals surface area contributed by atoms with E-state index in [0.717, 1.165) is 0 Å². The summed E-state index contributed by atoms with van der Waals surface area (Å²) in [6, 6.07) is 0.189. The summed E-state index contributed by atoms with van der Waals surface area (Å²) < 4.78 is 0. The first-order valence-electron chi connectivity index (χ1n) is 3.47. The Morgan fingerprint density at radius 1 is 1.00 bits per heavy atom. The van der Waals surface area contributed by atoms with Gasteiger partial charge in [0.15, 0.2) is 0 Å². The van der Waals surface area contributed by atoms with Gasteiger partial charge in [-0.2, -0.15) is 10.2 Å². The van der Waals surface area contributed by atoms with Crippen molar-refractivity contribution in [1.29, 1.82) is 0 Å². The Morgan fingerprint density at radius 2 is 1.30 bits per heavy atom.